The van der Waals surface area contributed by atoms with E-state index in [1.165, 1.54) is 0 Å². The molecule has 0 bridgehead atoms. The Morgan fingerprint density at radius 3 is 3.14 bits per heavy atom. The molecule has 0 aromatic carbocycles. The first-order valence-electron chi connectivity index (χ1n) is 7.27. The maximum atomic E-state index is 11.9. The summed E-state index contributed by atoms with van der Waals surface area (Å²) in [6.07, 6.45) is 4.41. The monoisotopic (exact) mass is 289 g/mol. The van der Waals surface area contributed by atoms with Gasteiger partial charge in [0.2, 0.25) is 11.9 Å². The van der Waals surface area contributed by atoms with Gasteiger partial charge in [0.15, 0.2) is 5.65 Å². The molecular weight excluding hydrogens is 270 g/mol. The van der Waals surface area contributed by atoms with Crippen LogP contribution in [-0.2, 0) is 4.79 Å². The number of hydrogen-bond acceptors (Lipinski definition) is 6. The molecule has 1 aliphatic heterocycles. The normalized spacial score (nSPS) is 18.5. The van der Waals surface area contributed by atoms with Crippen molar-refractivity contribution in [1.82, 2.24) is 25.5 Å². The van der Waals surface area contributed by atoms with Gasteiger partial charge in [0.05, 0.1) is 11.6 Å². The van der Waals surface area contributed by atoms with Crippen molar-refractivity contribution in [2.45, 2.75) is 32.2 Å². The summed E-state index contributed by atoms with van der Waals surface area (Å²) in [5.74, 6) is 1.18. The summed E-state index contributed by atoms with van der Waals surface area (Å²) in [5, 5.41) is 16.9. The number of aromatic nitrogens is 4. The number of nitrogens with one attached hydrogen (secondary N) is 4. The van der Waals surface area contributed by atoms with E-state index >= 15 is 0 Å². The van der Waals surface area contributed by atoms with Gasteiger partial charge in [-0.3, -0.25) is 9.89 Å². The fourth-order valence-corrected chi connectivity index (χ4v) is 2.34. The number of hydrogen-bond donors (Lipinski definition) is 4. The van der Waals surface area contributed by atoms with E-state index in [2.05, 4.69) is 43.0 Å². The first kappa shape index (κ1) is 13.6. The van der Waals surface area contributed by atoms with Crippen molar-refractivity contribution in [3.63, 3.8) is 0 Å². The lowest BCUT2D eigenvalue weighted by Crippen LogP contribution is -2.44. The second kappa shape index (κ2) is 5.94. The number of nitrogens with zero attached hydrogens (tertiary/aromatic N) is 3. The van der Waals surface area contributed by atoms with Crippen LogP contribution in [0.3, 0.4) is 0 Å². The van der Waals surface area contributed by atoms with Crippen molar-refractivity contribution in [3.05, 3.63) is 6.20 Å². The number of H-pyrrole nitrogens is 1. The summed E-state index contributed by atoms with van der Waals surface area (Å²) in [7, 11) is 0. The Labute approximate surface area is 122 Å². The highest BCUT2D eigenvalue weighted by Crippen LogP contribution is 2.22. The lowest BCUT2D eigenvalue weighted by molar-refractivity contribution is -0.123. The Balaban J connectivity index is 1.88. The zero-order valence-corrected chi connectivity index (χ0v) is 11.9. The van der Waals surface area contributed by atoms with Crippen LogP contribution in [0.2, 0.25) is 0 Å². The third kappa shape index (κ3) is 2.88. The molecule has 0 spiro atoms. The number of aromatic amines is 1. The average Bonchev–Trinajstić information content (AvgIpc) is 2.96. The minimum atomic E-state index is -0.259. The van der Waals surface area contributed by atoms with E-state index in [9.17, 15) is 4.79 Å². The SMILES string of the molecule is CCCNc1nc(NC2CCCNC2=O)c2cn[nH]c2n1. The van der Waals surface area contributed by atoms with Crippen LogP contribution in [0.5, 0.6) is 0 Å². The van der Waals surface area contributed by atoms with Gasteiger partial charge in [0.1, 0.15) is 11.9 Å². The molecule has 4 N–H and O–H groups in total. The molecule has 8 nitrogen and oxygen atoms in total. The predicted octanol–water partition coefficient (Wildman–Crippen LogP) is 0.865. The van der Waals surface area contributed by atoms with E-state index in [-0.39, 0.29) is 11.9 Å². The zero-order chi connectivity index (χ0) is 14.7. The first-order chi connectivity index (χ1) is 10.3. The van der Waals surface area contributed by atoms with Gasteiger partial charge in [0.25, 0.3) is 0 Å². The second-order valence-electron chi connectivity index (χ2n) is 5.09. The van der Waals surface area contributed by atoms with E-state index in [1.54, 1.807) is 6.20 Å². The lowest BCUT2D eigenvalue weighted by atomic mass is 10.1. The Kier molecular flexibility index (Phi) is 3.85. The zero-order valence-electron chi connectivity index (χ0n) is 11.9. The molecule has 8 heteroatoms. The molecule has 21 heavy (non-hydrogen) atoms. The Hall–Kier alpha value is -2.38. The van der Waals surface area contributed by atoms with Crippen molar-refractivity contribution < 1.29 is 4.79 Å². The van der Waals surface area contributed by atoms with Gasteiger partial charge in [-0.1, -0.05) is 6.92 Å². The standard InChI is InChI=1S/C13H19N7O/c1-2-5-15-13-18-10(8-7-16-20-11(8)19-13)17-9-4-3-6-14-12(9)21/h7,9H,2-6H2,1H3,(H,14,21)(H3,15,16,17,18,19,20). The smallest absolute Gasteiger partial charge is 0.242 e. The molecule has 2 aromatic rings. The van der Waals surface area contributed by atoms with Crippen LogP contribution in [0.1, 0.15) is 26.2 Å². The molecule has 3 rings (SSSR count). The van der Waals surface area contributed by atoms with Gasteiger partial charge >= 0.3 is 0 Å². The first-order valence-corrected chi connectivity index (χ1v) is 7.27. The molecule has 1 fully saturated rings. The minimum Gasteiger partial charge on any atom is -0.358 e. The molecule has 2 aromatic heterocycles. The van der Waals surface area contributed by atoms with E-state index in [0.29, 0.717) is 17.4 Å². The molecule has 1 amide bonds. The van der Waals surface area contributed by atoms with Crippen molar-refractivity contribution in [3.8, 4) is 0 Å². The number of carbonyl (C=O) groups excluding carboxylic acids is 1. The van der Waals surface area contributed by atoms with E-state index in [0.717, 1.165) is 37.7 Å². The predicted molar refractivity (Wildman–Crippen MR) is 80.1 cm³/mol. The van der Waals surface area contributed by atoms with Gasteiger partial charge < -0.3 is 16.0 Å². The van der Waals surface area contributed by atoms with Gasteiger partial charge in [-0.15, -0.1) is 0 Å². The van der Waals surface area contributed by atoms with Crippen LogP contribution in [0.15, 0.2) is 6.20 Å². The summed E-state index contributed by atoms with van der Waals surface area (Å²) < 4.78 is 0. The van der Waals surface area contributed by atoms with Crippen molar-refractivity contribution in [2.75, 3.05) is 23.7 Å². The quantitative estimate of drug-likeness (QED) is 0.650. The summed E-state index contributed by atoms with van der Waals surface area (Å²) in [5.41, 5.74) is 0.655. The molecule has 112 valence electrons. The molecule has 1 saturated heterocycles. The third-order valence-electron chi connectivity index (χ3n) is 3.44. The lowest BCUT2D eigenvalue weighted by Gasteiger charge is -2.23. The number of piperidine rings is 1. The molecule has 0 aliphatic carbocycles. The summed E-state index contributed by atoms with van der Waals surface area (Å²) in [4.78, 5) is 20.7. The van der Waals surface area contributed by atoms with Crippen molar-refractivity contribution >= 4 is 28.7 Å². The van der Waals surface area contributed by atoms with Gasteiger partial charge in [-0.2, -0.15) is 15.1 Å². The highest BCUT2D eigenvalue weighted by Gasteiger charge is 2.23. The highest BCUT2D eigenvalue weighted by atomic mass is 16.2. The minimum absolute atomic E-state index is 0.0135. The molecule has 0 radical (unpaired) electrons. The number of fused-ring (bicyclic) bond motifs is 1. The fourth-order valence-electron chi connectivity index (χ4n) is 2.34. The van der Waals surface area contributed by atoms with Gasteiger partial charge in [-0.05, 0) is 19.3 Å². The Morgan fingerprint density at radius 2 is 2.33 bits per heavy atom. The topological polar surface area (TPSA) is 108 Å². The number of amides is 1. The van der Waals surface area contributed by atoms with Crippen LogP contribution >= 0.6 is 0 Å². The largest absolute Gasteiger partial charge is 0.358 e. The Bertz CT molecular complexity index is 638. The van der Waals surface area contributed by atoms with Crippen LogP contribution < -0.4 is 16.0 Å². The number of anilines is 2. The number of carbonyl (C=O) groups is 1. The fraction of sp³-hybridized carbons (Fsp3) is 0.538. The molecule has 1 atom stereocenters. The molecule has 3 heterocycles. The van der Waals surface area contributed by atoms with E-state index in [1.807, 2.05) is 0 Å². The van der Waals surface area contributed by atoms with Crippen LogP contribution in [0, 0.1) is 0 Å². The van der Waals surface area contributed by atoms with Crippen molar-refractivity contribution in [2.24, 2.45) is 0 Å². The van der Waals surface area contributed by atoms with Gasteiger partial charge in [-0.25, -0.2) is 0 Å². The Morgan fingerprint density at radius 1 is 1.43 bits per heavy atom. The maximum Gasteiger partial charge on any atom is 0.242 e. The van der Waals surface area contributed by atoms with Crippen LogP contribution in [0.25, 0.3) is 11.0 Å². The van der Waals surface area contributed by atoms with Crippen molar-refractivity contribution in [1.29, 1.82) is 0 Å². The van der Waals surface area contributed by atoms with Crippen LogP contribution in [0.4, 0.5) is 11.8 Å². The van der Waals surface area contributed by atoms with E-state index in [4.69, 9.17) is 0 Å². The third-order valence-corrected chi connectivity index (χ3v) is 3.44. The highest BCUT2D eigenvalue weighted by molar-refractivity contribution is 5.91. The molecule has 0 saturated carbocycles. The average molecular weight is 289 g/mol. The number of rotatable bonds is 5. The molecule has 1 aliphatic rings. The summed E-state index contributed by atoms with van der Waals surface area (Å²) >= 11 is 0. The van der Waals surface area contributed by atoms with E-state index < -0.39 is 0 Å². The van der Waals surface area contributed by atoms with Crippen LogP contribution in [-0.4, -0.2) is 45.2 Å². The molecule has 1 unspecified atom stereocenters. The molecular formula is C13H19N7O. The second-order valence-corrected chi connectivity index (χ2v) is 5.09. The maximum absolute atomic E-state index is 11.9. The van der Waals surface area contributed by atoms with Gasteiger partial charge in [0, 0.05) is 13.1 Å². The summed E-state index contributed by atoms with van der Waals surface area (Å²) in [6.45, 7) is 3.61. The summed E-state index contributed by atoms with van der Waals surface area (Å²) in [6, 6.07) is -0.259.